The summed E-state index contributed by atoms with van der Waals surface area (Å²) in [5.41, 5.74) is 0. The van der Waals surface area contributed by atoms with Crippen LogP contribution in [-0.4, -0.2) is 17.2 Å². The second kappa shape index (κ2) is 2.15. The first-order valence-corrected chi connectivity index (χ1v) is 4.27. The smallest absolute Gasteiger partial charge is 0.0191 e. The fourth-order valence-corrected chi connectivity index (χ4v) is 0.217. The van der Waals surface area contributed by atoms with Gasteiger partial charge in [-0.3, -0.25) is 10.2 Å². The van der Waals surface area contributed by atoms with Crippen LogP contribution in [-0.2, 0) is 9.41 Å². The topological polar surface area (TPSA) is 47.7 Å². The van der Waals surface area contributed by atoms with Gasteiger partial charge in [0.25, 0.3) is 0 Å². The number of hydrogen-bond acceptors (Lipinski definition) is 2. The maximum atomic E-state index is 7.21. The summed E-state index contributed by atoms with van der Waals surface area (Å²) < 4.78 is 7.21. The lowest BCUT2D eigenvalue weighted by Gasteiger charge is -1.93. The lowest BCUT2D eigenvalue weighted by molar-refractivity contribution is 1.47. The Kier molecular flexibility index (Phi) is 2.06. The second-order valence-corrected chi connectivity index (χ2v) is 4.44. The standard InChI is InChI=1S/C4H10N2S/c1-3-7(2,6)4-5/h5-6H,3H2,1-2H3. The number of rotatable bonds is 1. The lowest BCUT2D eigenvalue weighted by Crippen LogP contribution is -1.95. The summed E-state index contributed by atoms with van der Waals surface area (Å²) in [6, 6.07) is 0. The molecule has 0 saturated heterocycles. The molecule has 0 aromatic heterocycles. The summed E-state index contributed by atoms with van der Waals surface area (Å²) in [6.07, 6.45) is 1.75. The first-order valence-electron chi connectivity index (χ1n) is 2.06. The van der Waals surface area contributed by atoms with Crippen LogP contribution < -0.4 is 0 Å². The Morgan fingerprint density at radius 1 is 1.71 bits per heavy atom. The molecule has 0 radical (unpaired) electrons. The SMILES string of the molecule is CCS(C)(=N)=C=N. The fraction of sp³-hybridized carbons (Fsp3) is 0.750. The van der Waals surface area contributed by atoms with E-state index in [9.17, 15) is 0 Å². The van der Waals surface area contributed by atoms with Crippen LogP contribution in [0, 0.1) is 10.2 Å². The van der Waals surface area contributed by atoms with Crippen LogP contribution in [0.3, 0.4) is 0 Å². The number of nitrogens with one attached hydrogen (secondary N) is 2. The third kappa shape index (κ3) is 2.43. The van der Waals surface area contributed by atoms with Crippen molar-refractivity contribution in [3.05, 3.63) is 0 Å². The Bertz CT molecular complexity index is 170. The van der Waals surface area contributed by atoms with Crippen molar-refractivity contribution >= 4 is 14.6 Å². The zero-order valence-electron chi connectivity index (χ0n) is 4.62. The van der Waals surface area contributed by atoms with E-state index in [0.717, 1.165) is 5.75 Å². The van der Waals surface area contributed by atoms with Gasteiger partial charge in [0.15, 0.2) is 0 Å². The van der Waals surface area contributed by atoms with Crippen LogP contribution in [0.2, 0.25) is 0 Å². The van der Waals surface area contributed by atoms with Crippen LogP contribution in [0.25, 0.3) is 0 Å². The van der Waals surface area contributed by atoms with Gasteiger partial charge in [-0.15, -0.1) is 0 Å². The minimum absolute atomic E-state index is 0.747. The van der Waals surface area contributed by atoms with E-state index in [-0.39, 0.29) is 0 Å². The minimum Gasteiger partial charge on any atom is -0.278 e. The molecule has 3 heteroatoms. The molecule has 0 amide bonds. The predicted octanol–water partition coefficient (Wildman–Crippen LogP) is 1.04. The predicted molar refractivity (Wildman–Crippen MR) is 34.3 cm³/mol. The van der Waals surface area contributed by atoms with Gasteiger partial charge in [-0.1, -0.05) is 16.3 Å². The van der Waals surface area contributed by atoms with Gasteiger partial charge in [-0.05, 0) is 6.26 Å². The van der Waals surface area contributed by atoms with Crippen LogP contribution in [0.15, 0.2) is 0 Å². The van der Waals surface area contributed by atoms with E-state index in [1.54, 1.807) is 6.26 Å². The van der Waals surface area contributed by atoms with E-state index in [1.807, 2.05) is 6.92 Å². The zero-order chi connectivity index (χ0) is 5.91. The Labute approximate surface area is 44.5 Å². The summed E-state index contributed by atoms with van der Waals surface area (Å²) in [6.45, 7) is 1.91. The van der Waals surface area contributed by atoms with Gasteiger partial charge in [-0.2, -0.15) is 0 Å². The summed E-state index contributed by atoms with van der Waals surface area (Å²) in [7, 11) is -1.49. The first kappa shape index (κ1) is 6.73. The summed E-state index contributed by atoms with van der Waals surface area (Å²) >= 11 is 0. The van der Waals surface area contributed by atoms with Crippen LogP contribution in [0.1, 0.15) is 6.92 Å². The van der Waals surface area contributed by atoms with Gasteiger partial charge in [0.1, 0.15) is 0 Å². The van der Waals surface area contributed by atoms with Crippen molar-refractivity contribution in [1.82, 2.24) is 0 Å². The average Bonchev–Trinajstić information content (AvgIpc) is 1.68. The van der Waals surface area contributed by atoms with Crippen LogP contribution >= 0.6 is 0 Å². The van der Waals surface area contributed by atoms with E-state index in [1.165, 1.54) is 0 Å². The maximum Gasteiger partial charge on any atom is 0.0191 e. The second-order valence-electron chi connectivity index (χ2n) is 1.48. The highest BCUT2D eigenvalue weighted by molar-refractivity contribution is 8.00. The van der Waals surface area contributed by atoms with Gasteiger partial charge in [0.05, 0.1) is 0 Å². The molecule has 0 aromatic carbocycles. The zero-order valence-corrected chi connectivity index (χ0v) is 5.43. The monoisotopic (exact) mass is 118 g/mol. The molecule has 2 nitrogen and oxygen atoms in total. The molecule has 7 heavy (non-hydrogen) atoms. The first-order chi connectivity index (χ1) is 3.12. The molecule has 1 atom stereocenters. The van der Waals surface area contributed by atoms with Crippen molar-refractivity contribution < 1.29 is 0 Å². The highest BCUT2D eigenvalue weighted by Gasteiger charge is 1.82. The van der Waals surface area contributed by atoms with Gasteiger partial charge in [0.2, 0.25) is 0 Å². The lowest BCUT2D eigenvalue weighted by atomic mass is 11.0. The van der Waals surface area contributed by atoms with Crippen LogP contribution in [0.4, 0.5) is 0 Å². The number of hydrogen-bond donors (Lipinski definition) is 2. The Morgan fingerprint density at radius 3 is 2.14 bits per heavy atom. The van der Waals surface area contributed by atoms with E-state index in [4.69, 9.17) is 10.2 Å². The van der Waals surface area contributed by atoms with Crippen molar-refractivity contribution in [2.24, 2.45) is 0 Å². The van der Waals surface area contributed by atoms with Crippen molar-refractivity contribution in [2.75, 3.05) is 12.0 Å². The molecule has 0 aliphatic heterocycles. The fourth-order valence-electron chi connectivity index (χ4n) is 0.0722. The summed E-state index contributed by atoms with van der Waals surface area (Å²) in [4.78, 5) is 0. The van der Waals surface area contributed by atoms with E-state index >= 15 is 0 Å². The molecule has 0 rings (SSSR count). The Hall–Kier alpha value is -0.270. The molecular formula is C4H10N2S. The molecule has 2 N–H and O–H groups in total. The molecule has 42 valence electrons. The minimum atomic E-state index is -1.49. The highest BCUT2D eigenvalue weighted by atomic mass is 32.2. The quantitative estimate of drug-likeness (QED) is 0.382. The molecule has 1 unspecified atom stereocenters. The maximum absolute atomic E-state index is 7.21. The molecule has 0 bridgehead atoms. The van der Waals surface area contributed by atoms with E-state index < -0.39 is 9.41 Å². The largest absolute Gasteiger partial charge is 0.278 e. The molecule has 0 spiro atoms. The van der Waals surface area contributed by atoms with Gasteiger partial charge in [-0.25, -0.2) is 0 Å². The third-order valence-electron chi connectivity index (χ3n) is 0.803. The molecule has 0 aliphatic carbocycles. The third-order valence-corrected chi connectivity index (χ3v) is 2.41. The highest BCUT2D eigenvalue weighted by Crippen LogP contribution is 1.79. The van der Waals surface area contributed by atoms with Crippen molar-refractivity contribution in [2.45, 2.75) is 6.92 Å². The van der Waals surface area contributed by atoms with E-state index in [0.29, 0.717) is 0 Å². The van der Waals surface area contributed by atoms with Gasteiger partial charge in [0, 0.05) is 10.9 Å². The summed E-state index contributed by atoms with van der Waals surface area (Å²) in [5.74, 6) is 0.747. The molecule has 0 fully saturated rings. The average molecular weight is 118 g/mol. The van der Waals surface area contributed by atoms with E-state index in [2.05, 4.69) is 5.16 Å². The normalized spacial score (nSPS) is 17.4. The van der Waals surface area contributed by atoms with Gasteiger partial charge < -0.3 is 0 Å². The van der Waals surface area contributed by atoms with Crippen LogP contribution in [0.5, 0.6) is 0 Å². The van der Waals surface area contributed by atoms with Crippen molar-refractivity contribution in [3.63, 3.8) is 0 Å². The Morgan fingerprint density at radius 2 is 2.14 bits per heavy atom. The molecule has 0 aliphatic rings. The Balaban J connectivity index is 4.52. The molecule has 0 saturated carbocycles. The molecule has 0 aromatic rings. The van der Waals surface area contributed by atoms with Crippen molar-refractivity contribution in [3.8, 4) is 0 Å². The number of isothiocyanates is 1. The van der Waals surface area contributed by atoms with Gasteiger partial charge >= 0.3 is 0 Å². The summed E-state index contributed by atoms with van der Waals surface area (Å²) in [5, 5.41) is 8.80. The van der Waals surface area contributed by atoms with Crippen molar-refractivity contribution in [1.29, 1.82) is 10.2 Å². The molecular weight excluding hydrogens is 108 g/mol. The molecule has 0 heterocycles.